The molecular formula is C13H6Cl2F5N. The first kappa shape index (κ1) is 15.9. The average molecular weight is 342 g/mol. The summed E-state index contributed by atoms with van der Waals surface area (Å²) in [5.41, 5.74) is -0.868. The summed E-state index contributed by atoms with van der Waals surface area (Å²) in [5, 5.41) is 2.51. The van der Waals surface area contributed by atoms with Crippen molar-refractivity contribution in [1.29, 1.82) is 0 Å². The second kappa shape index (κ2) is 6.07. The van der Waals surface area contributed by atoms with Crippen molar-refractivity contribution in [1.82, 2.24) is 0 Å². The number of benzene rings is 2. The summed E-state index contributed by atoms with van der Waals surface area (Å²) in [6.07, 6.45) is 0. The molecule has 0 radical (unpaired) electrons. The maximum atomic E-state index is 13.5. The van der Waals surface area contributed by atoms with Gasteiger partial charge >= 0.3 is 0 Å². The van der Waals surface area contributed by atoms with Gasteiger partial charge in [-0.25, -0.2) is 22.0 Å². The van der Waals surface area contributed by atoms with Gasteiger partial charge in [0.1, 0.15) is 5.69 Å². The Morgan fingerprint density at radius 2 is 1.19 bits per heavy atom. The molecule has 0 aliphatic rings. The predicted octanol–water partition coefficient (Wildman–Crippen LogP) is 5.30. The monoisotopic (exact) mass is 341 g/mol. The molecule has 0 unspecified atom stereocenters. The van der Waals surface area contributed by atoms with Gasteiger partial charge in [-0.3, -0.25) is 0 Å². The normalized spacial score (nSPS) is 10.8. The molecule has 112 valence electrons. The Balaban J connectivity index is 2.37. The molecule has 1 nitrogen and oxygen atoms in total. The minimum atomic E-state index is -2.22. The Hall–Kier alpha value is -1.53. The first-order valence-electron chi connectivity index (χ1n) is 5.52. The number of rotatable bonds is 3. The number of hydrogen-bond donors (Lipinski definition) is 1. The van der Waals surface area contributed by atoms with Gasteiger partial charge in [-0.15, -0.1) is 0 Å². The largest absolute Gasteiger partial charge is 0.376 e. The van der Waals surface area contributed by atoms with Gasteiger partial charge in [0.2, 0.25) is 5.82 Å². The Bertz CT molecular complexity index is 656. The van der Waals surface area contributed by atoms with E-state index >= 15 is 0 Å². The second-order valence-electron chi connectivity index (χ2n) is 4.00. The van der Waals surface area contributed by atoms with Crippen LogP contribution in [-0.2, 0) is 6.54 Å². The van der Waals surface area contributed by atoms with Crippen molar-refractivity contribution in [2.45, 2.75) is 6.54 Å². The van der Waals surface area contributed by atoms with Gasteiger partial charge in [0, 0.05) is 22.2 Å². The van der Waals surface area contributed by atoms with Gasteiger partial charge in [0.25, 0.3) is 0 Å². The van der Waals surface area contributed by atoms with E-state index in [0.717, 1.165) is 0 Å². The van der Waals surface area contributed by atoms with E-state index in [4.69, 9.17) is 23.2 Å². The average Bonchev–Trinajstić information content (AvgIpc) is 2.45. The SMILES string of the molecule is Fc1c(F)c(F)c(NCc2c(Cl)cccc2Cl)c(F)c1F. The van der Waals surface area contributed by atoms with Crippen molar-refractivity contribution in [3.8, 4) is 0 Å². The third-order valence-corrected chi connectivity index (χ3v) is 3.42. The summed E-state index contributed by atoms with van der Waals surface area (Å²) in [7, 11) is 0. The van der Waals surface area contributed by atoms with Crippen LogP contribution in [0.15, 0.2) is 18.2 Å². The number of halogens is 7. The van der Waals surface area contributed by atoms with Gasteiger partial charge in [-0.2, -0.15) is 0 Å². The van der Waals surface area contributed by atoms with E-state index < -0.39 is 34.8 Å². The Labute approximate surface area is 126 Å². The fourth-order valence-electron chi connectivity index (χ4n) is 1.64. The highest BCUT2D eigenvalue weighted by Crippen LogP contribution is 2.29. The summed E-state index contributed by atoms with van der Waals surface area (Å²) in [5.74, 6) is -10.2. The van der Waals surface area contributed by atoms with E-state index in [9.17, 15) is 22.0 Å². The zero-order valence-electron chi connectivity index (χ0n) is 10.1. The van der Waals surface area contributed by atoms with Crippen LogP contribution in [0.25, 0.3) is 0 Å². The fourth-order valence-corrected chi connectivity index (χ4v) is 2.17. The maximum absolute atomic E-state index is 13.5. The molecule has 0 heterocycles. The summed E-state index contributed by atoms with van der Waals surface area (Å²) >= 11 is 11.7. The van der Waals surface area contributed by atoms with E-state index in [1.807, 2.05) is 0 Å². The van der Waals surface area contributed by atoms with Crippen LogP contribution >= 0.6 is 23.2 Å². The van der Waals surface area contributed by atoms with Crippen molar-refractivity contribution in [2.24, 2.45) is 0 Å². The molecule has 0 aliphatic carbocycles. The molecule has 1 N–H and O–H groups in total. The van der Waals surface area contributed by atoms with Crippen LogP contribution < -0.4 is 5.32 Å². The van der Waals surface area contributed by atoms with Crippen LogP contribution in [0.2, 0.25) is 10.0 Å². The molecule has 0 fully saturated rings. The third kappa shape index (κ3) is 2.91. The standard InChI is InChI=1S/C13H6Cl2F5N/c14-6-2-1-3-7(15)5(6)4-21-13-11(19)9(17)8(16)10(18)12(13)20/h1-3,21H,4H2. The molecule has 0 spiro atoms. The van der Waals surface area contributed by atoms with Crippen molar-refractivity contribution in [2.75, 3.05) is 5.32 Å². The maximum Gasteiger partial charge on any atom is 0.200 e. The van der Waals surface area contributed by atoms with Gasteiger partial charge < -0.3 is 5.32 Å². The molecule has 0 saturated heterocycles. The molecule has 0 aliphatic heterocycles. The molecular weight excluding hydrogens is 336 g/mol. The molecule has 0 saturated carbocycles. The van der Waals surface area contributed by atoms with Crippen LogP contribution in [0.1, 0.15) is 5.56 Å². The number of anilines is 1. The minimum absolute atomic E-state index is 0.193. The lowest BCUT2D eigenvalue weighted by Crippen LogP contribution is -2.10. The number of hydrogen-bond acceptors (Lipinski definition) is 1. The summed E-state index contributed by atoms with van der Waals surface area (Å²) in [6, 6.07) is 4.50. The highest BCUT2D eigenvalue weighted by molar-refractivity contribution is 6.36. The van der Waals surface area contributed by atoms with Gasteiger partial charge in [-0.1, -0.05) is 29.3 Å². The number of nitrogens with one attached hydrogen (secondary N) is 1. The quantitative estimate of drug-likeness (QED) is 0.453. The van der Waals surface area contributed by atoms with E-state index in [-0.39, 0.29) is 22.2 Å². The van der Waals surface area contributed by atoms with Gasteiger partial charge in [0.15, 0.2) is 23.3 Å². The summed E-state index contributed by atoms with van der Waals surface area (Å²) in [6.45, 7) is -0.309. The second-order valence-corrected chi connectivity index (χ2v) is 4.81. The van der Waals surface area contributed by atoms with Crippen LogP contribution in [0.3, 0.4) is 0 Å². The predicted molar refractivity (Wildman–Crippen MR) is 70.0 cm³/mol. The minimum Gasteiger partial charge on any atom is -0.376 e. The Morgan fingerprint density at radius 3 is 1.67 bits per heavy atom. The molecule has 0 amide bonds. The van der Waals surface area contributed by atoms with Crippen molar-refractivity contribution < 1.29 is 22.0 Å². The Kier molecular flexibility index (Phi) is 4.58. The van der Waals surface area contributed by atoms with E-state index in [2.05, 4.69) is 5.32 Å². The van der Waals surface area contributed by atoms with Crippen LogP contribution in [0, 0.1) is 29.1 Å². The molecule has 2 rings (SSSR count). The zero-order chi connectivity index (χ0) is 15.7. The zero-order valence-corrected chi connectivity index (χ0v) is 11.6. The van der Waals surface area contributed by atoms with Crippen LogP contribution in [-0.4, -0.2) is 0 Å². The topological polar surface area (TPSA) is 12.0 Å². The molecule has 2 aromatic rings. The van der Waals surface area contributed by atoms with Crippen LogP contribution in [0.5, 0.6) is 0 Å². The first-order chi connectivity index (χ1) is 9.84. The summed E-state index contributed by atoms with van der Waals surface area (Å²) in [4.78, 5) is 0. The molecule has 0 bridgehead atoms. The molecule has 0 atom stereocenters. The van der Waals surface area contributed by atoms with E-state index in [1.54, 1.807) is 6.07 Å². The van der Waals surface area contributed by atoms with Gasteiger partial charge in [-0.05, 0) is 12.1 Å². The third-order valence-electron chi connectivity index (χ3n) is 2.71. The van der Waals surface area contributed by atoms with Gasteiger partial charge in [0.05, 0.1) is 0 Å². The Morgan fingerprint density at radius 1 is 0.762 bits per heavy atom. The van der Waals surface area contributed by atoms with Crippen molar-refractivity contribution in [3.63, 3.8) is 0 Å². The lowest BCUT2D eigenvalue weighted by molar-refractivity contribution is 0.381. The fraction of sp³-hybridized carbons (Fsp3) is 0.0769. The molecule has 8 heteroatoms. The lowest BCUT2D eigenvalue weighted by Gasteiger charge is -2.12. The molecule has 21 heavy (non-hydrogen) atoms. The lowest BCUT2D eigenvalue weighted by atomic mass is 10.2. The highest BCUT2D eigenvalue weighted by atomic mass is 35.5. The van der Waals surface area contributed by atoms with E-state index in [0.29, 0.717) is 0 Å². The van der Waals surface area contributed by atoms with Crippen LogP contribution in [0.4, 0.5) is 27.6 Å². The first-order valence-corrected chi connectivity index (χ1v) is 6.28. The van der Waals surface area contributed by atoms with Crippen molar-refractivity contribution in [3.05, 3.63) is 62.9 Å². The molecule has 2 aromatic carbocycles. The van der Waals surface area contributed by atoms with E-state index in [1.165, 1.54) is 12.1 Å². The van der Waals surface area contributed by atoms with Crippen molar-refractivity contribution >= 4 is 28.9 Å². The molecule has 0 aromatic heterocycles. The summed E-state index contributed by atoms with van der Waals surface area (Å²) < 4.78 is 65.9. The highest BCUT2D eigenvalue weighted by Gasteiger charge is 2.25. The smallest absolute Gasteiger partial charge is 0.200 e.